The first-order valence-corrected chi connectivity index (χ1v) is 12.6. The number of carbonyl (C=O) groups excluding carboxylic acids is 2. The zero-order valence-corrected chi connectivity index (χ0v) is 21.5. The number of aromatic nitrogens is 1. The third kappa shape index (κ3) is 4.36. The minimum atomic E-state index is -0.430. The number of anilines is 2. The number of benzene rings is 2. The van der Waals surface area contributed by atoms with Gasteiger partial charge in [0.25, 0.3) is 5.91 Å². The summed E-state index contributed by atoms with van der Waals surface area (Å²) < 4.78 is 1.01. The Hall–Kier alpha value is -3.45. The molecule has 2 aromatic carbocycles. The van der Waals surface area contributed by atoms with Gasteiger partial charge in [0.1, 0.15) is 0 Å². The van der Waals surface area contributed by atoms with E-state index in [2.05, 4.69) is 29.5 Å². The summed E-state index contributed by atoms with van der Waals surface area (Å²) in [5.74, 6) is -0.566. The minimum absolute atomic E-state index is 0.100. The molecule has 3 aromatic rings. The molecule has 1 aliphatic heterocycles. The summed E-state index contributed by atoms with van der Waals surface area (Å²) in [5, 5.41) is 7.00. The second-order valence-corrected chi connectivity index (χ2v) is 11.4. The molecule has 2 aliphatic rings. The summed E-state index contributed by atoms with van der Waals surface area (Å²) in [6.45, 7) is 6.15. The Labute approximate surface area is 209 Å². The van der Waals surface area contributed by atoms with Crippen LogP contribution in [0.3, 0.4) is 0 Å². The predicted octanol–water partition coefficient (Wildman–Crippen LogP) is 5.61. The van der Waals surface area contributed by atoms with Crippen molar-refractivity contribution in [2.24, 2.45) is 5.41 Å². The molecule has 180 valence electrons. The summed E-state index contributed by atoms with van der Waals surface area (Å²) in [5.41, 5.74) is 5.71. The van der Waals surface area contributed by atoms with Crippen molar-refractivity contribution in [3.8, 4) is 0 Å². The van der Waals surface area contributed by atoms with Gasteiger partial charge < -0.3 is 10.2 Å². The van der Waals surface area contributed by atoms with Gasteiger partial charge in [0.2, 0.25) is 0 Å². The van der Waals surface area contributed by atoms with Gasteiger partial charge in [-0.25, -0.2) is 4.98 Å². The van der Waals surface area contributed by atoms with Crippen molar-refractivity contribution in [1.82, 2.24) is 10.3 Å². The maximum absolute atomic E-state index is 13.7. The number of allylic oxidation sites excluding steroid dienone is 3. The zero-order chi connectivity index (χ0) is 24.9. The highest BCUT2D eigenvalue weighted by Gasteiger charge is 2.42. The average molecular weight is 487 g/mol. The molecule has 0 unspecified atom stereocenters. The van der Waals surface area contributed by atoms with E-state index in [0.29, 0.717) is 22.7 Å². The van der Waals surface area contributed by atoms with Crippen molar-refractivity contribution < 1.29 is 9.59 Å². The number of fused-ring (bicyclic) bond motifs is 1. The molecule has 1 atom stereocenters. The Kier molecular flexibility index (Phi) is 5.75. The van der Waals surface area contributed by atoms with Crippen LogP contribution in [0, 0.1) is 5.41 Å². The van der Waals surface area contributed by atoms with Crippen LogP contribution in [0.5, 0.6) is 0 Å². The largest absolute Gasteiger partial charge is 0.378 e. The minimum Gasteiger partial charge on any atom is -0.378 e. The number of thiazole rings is 1. The first-order valence-electron chi connectivity index (χ1n) is 11.8. The summed E-state index contributed by atoms with van der Waals surface area (Å²) in [6.07, 6.45) is 1.23. The summed E-state index contributed by atoms with van der Waals surface area (Å²) in [7, 11) is 3.99. The van der Waals surface area contributed by atoms with Gasteiger partial charge in [0, 0.05) is 54.7 Å². The normalized spacial score (nSPS) is 19.5. The number of hydrogen-bond donors (Lipinski definition) is 2. The lowest BCUT2D eigenvalue weighted by atomic mass is 9.68. The number of carbonyl (C=O) groups is 2. The van der Waals surface area contributed by atoms with Gasteiger partial charge in [-0.15, -0.1) is 0 Å². The molecule has 1 amide bonds. The Morgan fingerprint density at radius 1 is 1.11 bits per heavy atom. The highest BCUT2D eigenvalue weighted by Crippen LogP contribution is 2.47. The summed E-state index contributed by atoms with van der Waals surface area (Å²) in [4.78, 5) is 33.8. The van der Waals surface area contributed by atoms with E-state index in [1.807, 2.05) is 74.4 Å². The number of nitrogens with one attached hydrogen (secondary N) is 2. The molecule has 2 heterocycles. The molecular formula is C28H30N4O2S. The number of dihydropyridines is 1. The van der Waals surface area contributed by atoms with E-state index in [1.165, 1.54) is 11.3 Å². The topological polar surface area (TPSA) is 74.3 Å². The fourth-order valence-corrected chi connectivity index (χ4v) is 5.99. The number of rotatable bonds is 4. The van der Waals surface area contributed by atoms with Gasteiger partial charge in [0.05, 0.1) is 10.2 Å². The zero-order valence-electron chi connectivity index (χ0n) is 20.7. The van der Waals surface area contributed by atoms with Crippen LogP contribution in [-0.4, -0.2) is 30.8 Å². The number of Topliss-reactive ketones (excluding diaryl/α,β-unsaturated/α-hetero) is 1. The SMILES string of the molecule is CC1=C(C(=O)Nc2nc3ccccc3s2)[C@@H](c2ccc(N(C)C)cc2)C2=C(CC(C)(C)CC2=O)N1. The van der Waals surface area contributed by atoms with Crippen LogP contribution in [0.2, 0.25) is 0 Å². The quantitative estimate of drug-likeness (QED) is 0.502. The van der Waals surface area contributed by atoms with Gasteiger partial charge in [-0.05, 0) is 48.6 Å². The van der Waals surface area contributed by atoms with Crippen LogP contribution >= 0.6 is 11.3 Å². The summed E-state index contributed by atoms with van der Waals surface area (Å²) >= 11 is 1.45. The van der Waals surface area contributed by atoms with Crippen LogP contribution < -0.4 is 15.5 Å². The molecule has 0 spiro atoms. The Morgan fingerprint density at radius 2 is 1.83 bits per heavy atom. The average Bonchev–Trinajstić information content (AvgIpc) is 3.19. The van der Waals surface area contributed by atoms with Crippen molar-refractivity contribution in [2.75, 3.05) is 24.3 Å². The van der Waals surface area contributed by atoms with E-state index in [0.717, 1.165) is 39.3 Å². The Bertz CT molecular complexity index is 1360. The lowest BCUT2D eigenvalue weighted by Gasteiger charge is -2.39. The maximum atomic E-state index is 13.7. The van der Waals surface area contributed by atoms with Crippen molar-refractivity contribution in [3.05, 3.63) is 76.6 Å². The summed E-state index contributed by atoms with van der Waals surface area (Å²) in [6, 6.07) is 15.9. The fraction of sp³-hybridized carbons (Fsp3) is 0.321. The smallest absolute Gasteiger partial charge is 0.256 e. The first-order chi connectivity index (χ1) is 16.6. The first kappa shape index (κ1) is 23.3. The van der Waals surface area contributed by atoms with Gasteiger partial charge >= 0.3 is 0 Å². The van der Waals surface area contributed by atoms with E-state index in [-0.39, 0.29) is 17.1 Å². The molecule has 6 nitrogen and oxygen atoms in total. The number of amides is 1. The van der Waals surface area contributed by atoms with Crippen molar-refractivity contribution >= 4 is 44.1 Å². The highest BCUT2D eigenvalue weighted by atomic mass is 32.1. The third-order valence-corrected chi connectivity index (χ3v) is 7.69. The van der Waals surface area contributed by atoms with E-state index >= 15 is 0 Å². The molecule has 0 saturated heterocycles. The van der Waals surface area contributed by atoms with E-state index in [4.69, 9.17) is 0 Å². The highest BCUT2D eigenvalue weighted by molar-refractivity contribution is 7.22. The van der Waals surface area contributed by atoms with E-state index in [1.54, 1.807) is 0 Å². The molecule has 0 fully saturated rings. The van der Waals surface area contributed by atoms with Crippen molar-refractivity contribution in [1.29, 1.82) is 0 Å². The molecule has 35 heavy (non-hydrogen) atoms. The molecule has 7 heteroatoms. The predicted molar refractivity (Wildman–Crippen MR) is 143 cm³/mol. The van der Waals surface area contributed by atoms with E-state index < -0.39 is 5.92 Å². The van der Waals surface area contributed by atoms with Crippen LogP contribution in [0.4, 0.5) is 10.8 Å². The lowest BCUT2D eigenvalue weighted by molar-refractivity contribution is -0.118. The monoisotopic (exact) mass is 486 g/mol. The van der Waals surface area contributed by atoms with Crippen molar-refractivity contribution in [2.45, 2.75) is 39.5 Å². The Balaban J connectivity index is 1.57. The van der Waals surface area contributed by atoms with Crippen molar-refractivity contribution in [3.63, 3.8) is 0 Å². The van der Waals surface area contributed by atoms with Gasteiger partial charge in [-0.1, -0.05) is 49.4 Å². The number of para-hydroxylation sites is 1. The Morgan fingerprint density at radius 3 is 2.51 bits per heavy atom. The molecule has 5 rings (SSSR count). The number of ketones is 1. The molecular weight excluding hydrogens is 456 g/mol. The standard InChI is InChI=1S/C28H30N4O2S/c1-16-23(26(34)31-27-30-19-8-6-7-9-22(19)35-27)24(17-10-12-18(13-11-17)32(4)5)25-20(29-16)14-28(2,3)15-21(25)33/h6-13,24,29H,14-15H2,1-5H3,(H,30,31,34)/t24-/m1/s1. The molecule has 1 aromatic heterocycles. The van der Waals surface area contributed by atoms with E-state index in [9.17, 15) is 9.59 Å². The molecule has 0 bridgehead atoms. The van der Waals surface area contributed by atoms with Crippen LogP contribution in [0.1, 0.15) is 45.1 Å². The third-order valence-electron chi connectivity index (χ3n) is 6.74. The molecule has 0 radical (unpaired) electrons. The number of hydrogen-bond acceptors (Lipinski definition) is 6. The maximum Gasteiger partial charge on any atom is 0.256 e. The van der Waals surface area contributed by atoms with Gasteiger partial charge in [0.15, 0.2) is 10.9 Å². The van der Waals surface area contributed by atoms with Crippen LogP contribution in [0.25, 0.3) is 10.2 Å². The second kappa shape index (κ2) is 8.64. The number of nitrogens with zero attached hydrogens (tertiary/aromatic N) is 2. The van der Waals surface area contributed by atoms with Crippen LogP contribution in [-0.2, 0) is 9.59 Å². The van der Waals surface area contributed by atoms with Crippen LogP contribution in [0.15, 0.2) is 71.1 Å². The molecule has 1 aliphatic carbocycles. The second-order valence-electron chi connectivity index (χ2n) is 10.4. The fourth-order valence-electron chi connectivity index (χ4n) is 5.13. The van der Waals surface area contributed by atoms with Gasteiger partial charge in [-0.3, -0.25) is 14.9 Å². The molecule has 2 N–H and O–H groups in total. The van der Waals surface area contributed by atoms with Gasteiger partial charge in [-0.2, -0.15) is 0 Å². The molecule has 0 saturated carbocycles. The lowest BCUT2D eigenvalue weighted by Crippen LogP contribution is -2.39.